The van der Waals surface area contributed by atoms with Gasteiger partial charge in [0.1, 0.15) is 5.82 Å². The van der Waals surface area contributed by atoms with Crippen LogP contribution in [0.1, 0.15) is 23.1 Å². The van der Waals surface area contributed by atoms with Crippen molar-refractivity contribution >= 4 is 10.9 Å². The summed E-state index contributed by atoms with van der Waals surface area (Å²) in [7, 11) is 2.05. The lowest BCUT2D eigenvalue weighted by molar-refractivity contribution is 0.0872. The van der Waals surface area contributed by atoms with Crippen molar-refractivity contribution in [2.75, 3.05) is 13.1 Å². The predicted molar refractivity (Wildman–Crippen MR) is 88.9 cm³/mol. The maximum Gasteiger partial charge on any atom is 0.123 e. The van der Waals surface area contributed by atoms with Crippen LogP contribution in [0.5, 0.6) is 0 Å². The van der Waals surface area contributed by atoms with Crippen molar-refractivity contribution in [3.8, 4) is 0 Å². The summed E-state index contributed by atoms with van der Waals surface area (Å²) in [6, 6.07) is 9.66. The molecule has 23 heavy (non-hydrogen) atoms. The second kappa shape index (κ2) is 5.20. The van der Waals surface area contributed by atoms with Crippen molar-refractivity contribution in [2.24, 2.45) is 7.05 Å². The standard InChI is InChI=1S/C18H21FN4/c1-12-6-13(2)23(20-12)17-10-22(11-17)9-16-8-14-7-15(19)4-5-18(14)21(16)3/h4-8,17H,9-11H2,1-3H3. The Kier molecular flexibility index (Phi) is 3.27. The van der Waals surface area contributed by atoms with Crippen LogP contribution in [0.4, 0.5) is 4.39 Å². The second-order valence-electron chi connectivity index (χ2n) is 6.62. The summed E-state index contributed by atoms with van der Waals surface area (Å²) < 4.78 is 17.7. The van der Waals surface area contributed by atoms with E-state index < -0.39 is 0 Å². The Labute approximate surface area is 135 Å². The second-order valence-corrected chi connectivity index (χ2v) is 6.62. The lowest BCUT2D eigenvalue weighted by Crippen LogP contribution is -2.47. The molecule has 0 N–H and O–H groups in total. The van der Waals surface area contributed by atoms with Crippen molar-refractivity contribution in [2.45, 2.75) is 26.4 Å². The lowest BCUT2D eigenvalue weighted by atomic mass is 10.1. The number of hydrogen-bond donors (Lipinski definition) is 0. The molecule has 0 unspecified atom stereocenters. The van der Waals surface area contributed by atoms with Gasteiger partial charge < -0.3 is 4.57 Å². The normalized spacial score (nSPS) is 16.2. The van der Waals surface area contributed by atoms with Gasteiger partial charge in [-0.2, -0.15) is 5.10 Å². The van der Waals surface area contributed by atoms with E-state index in [0.29, 0.717) is 6.04 Å². The fourth-order valence-electron chi connectivity index (χ4n) is 3.60. The van der Waals surface area contributed by atoms with Gasteiger partial charge in [-0.1, -0.05) is 0 Å². The fraction of sp³-hybridized carbons (Fsp3) is 0.389. The van der Waals surface area contributed by atoms with Gasteiger partial charge in [0.15, 0.2) is 0 Å². The van der Waals surface area contributed by atoms with Gasteiger partial charge in [-0.3, -0.25) is 9.58 Å². The van der Waals surface area contributed by atoms with Crippen LogP contribution in [-0.4, -0.2) is 32.3 Å². The number of aromatic nitrogens is 3. The molecule has 0 atom stereocenters. The van der Waals surface area contributed by atoms with E-state index in [1.165, 1.54) is 17.5 Å². The van der Waals surface area contributed by atoms with E-state index in [2.05, 4.69) is 38.3 Å². The first-order valence-corrected chi connectivity index (χ1v) is 8.00. The van der Waals surface area contributed by atoms with Crippen LogP contribution in [0, 0.1) is 19.7 Å². The van der Waals surface area contributed by atoms with Crippen LogP contribution in [0.25, 0.3) is 10.9 Å². The zero-order valence-electron chi connectivity index (χ0n) is 13.8. The number of aryl methyl sites for hydroxylation is 3. The van der Waals surface area contributed by atoms with E-state index in [1.807, 2.05) is 20.0 Å². The number of nitrogens with zero attached hydrogens (tertiary/aromatic N) is 4. The SMILES string of the molecule is Cc1cc(C)n(C2CN(Cc3cc4cc(F)ccc4n3C)C2)n1. The third kappa shape index (κ3) is 2.45. The van der Waals surface area contributed by atoms with Crippen LogP contribution in [-0.2, 0) is 13.6 Å². The zero-order chi connectivity index (χ0) is 16.1. The molecule has 3 heterocycles. The van der Waals surface area contributed by atoms with Crippen LogP contribution >= 0.6 is 0 Å². The molecule has 3 aromatic rings. The van der Waals surface area contributed by atoms with Crippen molar-refractivity contribution in [3.63, 3.8) is 0 Å². The minimum Gasteiger partial charge on any atom is -0.346 e. The van der Waals surface area contributed by atoms with Crippen molar-refractivity contribution < 1.29 is 4.39 Å². The van der Waals surface area contributed by atoms with Crippen molar-refractivity contribution in [1.29, 1.82) is 0 Å². The Morgan fingerprint density at radius 1 is 1.17 bits per heavy atom. The molecular formula is C18H21FN4. The van der Waals surface area contributed by atoms with Crippen LogP contribution in [0.15, 0.2) is 30.3 Å². The number of halogens is 1. The van der Waals surface area contributed by atoms with E-state index in [0.717, 1.165) is 36.2 Å². The summed E-state index contributed by atoms with van der Waals surface area (Å²) in [5.41, 5.74) is 4.61. The molecule has 5 heteroatoms. The largest absolute Gasteiger partial charge is 0.346 e. The molecule has 0 saturated carbocycles. The van der Waals surface area contributed by atoms with Gasteiger partial charge in [0.25, 0.3) is 0 Å². The van der Waals surface area contributed by atoms with E-state index in [9.17, 15) is 4.39 Å². The highest BCUT2D eigenvalue weighted by atomic mass is 19.1. The molecule has 1 aliphatic rings. The molecular weight excluding hydrogens is 291 g/mol. The Bertz CT molecular complexity index is 871. The first-order valence-electron chi connectivity index (χ1n) is 8.00. The van der Waals surface area contributed by atoms with Crippen molar-refractivity contribution in [3.05, 3.63) is 53.2 Å². The van der Waals surface area contributed by atoms with E-state index in [4.69, 9.17) is 0 Å². The first kappa shape index (κ1) is 14.5. The van der Waals surface area contributed by atoms with E-state index in [1.54, 1.807) is 6.07 Å². The van der Waals surface area contributed by atoms with Gasteiger partial charge in [-0.25, -0.2) is 4.39 Å². The maximum atomic E-state index is 13.4. The highest BCUT2D eigenvalue weighted by Crippen LogP contribution is 2.27. The van der Waals surface area contributed by atoms with Gasteiger partial charge in [0.05, 0.1) is 11.7 Å². The fourth-order valence-corrected chi connectivity index (χ4v) is 3.60. The smallest absolute Gasteiger partial charge is 0.123 e. The summed E-state index contributed by atoms with van der Waals surface area (Å²) in [5.74, 6) is -0.178. The molecule has 1 aliphatic heterocycles. The van der Waals surface area contributed by atoms with Gasteiger partial charge in [-0.05, 0) is 44.2 Å². The third-order valence-corrected chi connectivity index (χ3v) is 4.82. The molecule has 120 valence electrons. The average molecular weight is 312 g/mol. The van der Waals surface area contributed by atoms with E-state index >= 15 is 0 Å². The molecule has 4 rings (SSSR count). The van der Waals surface area contributed by atoms with Crippen LogP contribution in [0.2, 0.25) is 0 Å². The summed E-state index contributed by atoms with van der Waals surface area (Å²) in [6.07, 6.45) is 0. The summed E-state index contributed by atoms with van der Waals surface area (Å²) in [5, 5.41) is 5.55. The summed E-state index contributed by atoms with van der Waals surface area (Å²) >= 11 is 0. The highest BCUT2D eigenvalue weighted by Gasteiger charge is 2.30. The Morgan fingerprint density at radius 2 is 1.96 bits per heavy atom. The summed E-state index contributed by atoms with van der Waals surface area (Å²) in [6.45, 7) is 7.06. The molecule has 0 spiro atoms. The van der Waals surface area contributed by atoms with Gasteiger partial charge in [0.2, 0.25) is 0 Å². The number of rotatable bonds is 3. The highest BCUT2D eigenvalue weighted by molar-refractivity contribution is 5.81. The number of likely N-dealkylation sites (tertiary alicyclic amines) is 1. The molecule has 2 aromatic heterocycles. The molecule has 1 fully saturated rings. The van der Waals surface area contributed by atoms with Gasteiger partial charge in [-0.15, -0.1) is 0 Å². The Hall–Kier alpha value is -2.14. The molecule has 0 amide bonds. The van der Waals surface area contributed by atoms with Crippen molar-refractivity contribution in [1.82, 2.24) is 19.2 Å². The topological polar surface area (TPSA) is 26.0 Å². The maximum absolute atomic E-state index is 13.4. The number of fused-ring (bicyclic) bond motifs is 1. The lowest BCUT2D eigenvalue weighted by Gasteiger charge is -2.39. The summed E-state index contributed by atoms with van der Waals surface area (Å²) in [4.78, 5) is 2.41. The molecule has 0 radical (unpaired) electrons. The molecule has 4 nitrogen and oxygen atoms in total. The van der Waals surface area contributed by atoms with Crippen LogP contribution in [0.3, 0.4) is 0 Å². The van der Waals surface area contributed by atoms with Gasteiger partial charge >= 0.3 is 0 Å². The molecule has 0 bridgehead atoms. The average Bonchev–Trinajstić information content (AvgIpc) is 2.93. The van der Waals surface area contributed by atoms with E-state index in [-0.39, 0.29) is 5.82 Å². The number of benzene rings is 1. The number of hydrogen-bond acceptors (Lipinski definition) is 2. The monoisotopic (exact) mass is 312 g/mol. The predicted octanol–water partition coefficient (Wildman–Crippen LogP) is 3.19. The van der Waals surface area contributed by atoms with Gasteiger partial charge in [0, 0.05) is 49.0 Å². The van der Waals surface area contributed by atoms with Crippen LogP contribution < -0.4 is 0 Å². The molecule has 1 saturated heterocycles. The minimum atomic E-state index is -0.178. The zero-order valence-corrected chi connectivity index (χ0v) is 13.8. The molecule has 1 aromatic carbocycles. The molecule has 0 aliphatic carbocycles. The quantitative estimate of drug-likeness (QED) is 0.742. The third-order valence-electron chi connectivity index (χ3n) is 4.82. The Balaban J connectivity index is 1.48. The minimum absolute atomic E-state index is 0.178. The Morgan fingerprint density at radius 3 is 2.65 bits per heavy atom. The first-order chi connectivity index (χ1) is 11.0.